The molecule has 2 rings (SSSR count). The van der Waals surface area contributed by atoms with Crippen LogP contribution in [0, 0.1) is 0 Å². The fourth-order valence-electron chi connectivity index (χ4n) is 1.03. The van der Waals surface area contributed by atoms with Crippen molar-refractivity contribution >= 4 is 6.01 Å². The lowest BCUT2D eigenvalue weighted by Crippen LogP contribution is -2.36. The number of hydrogen-bond donors (Lipinski definition) is 0. The maximum atomic E-state index is 7.04. The van der Waals surface area contributed by atoms with Crippen molar-refractivity contribution in [2.24, 2.45) is 0 Å². The van der Waals surface area contributed by atoms with E-state index in [0.717, 1.165) is 13.1 Å². The molecule has 0 aliphatic carbocycles. The van der Waals surface area contributed by atoms with Gasteiger partial charge in [-0.1, -0.05) is 5.10 Å². The van der Waals surface area contributed by atoms with Gasteiger partial charge >= 0.3 is 6.01 Å². The highest BCUT2D eigenvalue weighted by atomic mass is 16.5. The molecule has 1 aromatic heterocycles. The number of aromatic nitrogens is 2. The first kappa shape index (κ1) is 5.54. The Hall–Kier alpha value is -1.10. The van der Waals surface area contributed by atoms with E-state index in [9.17, 15) is 0 Å². The van der Waals surface area contributed by atoms with Crippen molar-refractivity contribution in [3.63, 3.8) is 0 Å². The van der Waals surface area contributed by atoms with Gasteiger partial charge in [0.05, 0.1) is 13.2 Å². The van der Waals surface area contributed by atoms with Crippen LogP contribution in [0.2, 0.25) is 0 Å². The molecule has 2 heterocycles. The number of ether oxygens (including phenoxy) is 1. The molecule has 0 atom stereocenters. The van der Waals surface area contributed by atoms with Crippen molar-refractivity contribution in [1.82, 2.24) is 10.2 Å². The third-order valence-electron chi connectivity index (χ3n) is 1.59. The largest absolute Gasteiger partial charge is 0.411 e. The summed E-state index contributed by atoms with van der Waals surface area (Å²) in [7, 11) is 0. The topological polar surface area (TPSA) is 51.4 Å². The molecule has 0 radical (unpaired) electrons. The Kier molecular flexibility index (Phi) is 1.45. The van der Waals surface area contributed by atoms with Gasteiger partial charge in [-0.05, 0) is 0 Å². The fourth-order valence-corrected chi connectivity index (χ4v) is 1.03. The first-order valence-corrected chi connectivity index (χ1v) is 3.49. The van der Waals surface area contributed by atoms with Crippen molar-refractivity contribution < 1.29 is 10.5 Å². The van der Waals surface area contributed by atoms with Crippen LogP contribution in [0.4, 0.5) is 6.01 Å². The minimum atomic E-state index is -0.142. The normalized spacial score (nSPS) is 20.0. The Morgan fingerprint density at radius 2 is 2.36 bits per heavy atom. The van der Waals surface area contributed by atoms with Crippen LogP contribution >= 0.6 is 0 Å². The molecule has 0 unspecified atom stereocenters. The van der Waals surface area contributed by atoms with Crippen LogP contribution in [-0.4, -0.2) is 36.5 Å². The first-order valence-electron chi connectivity index (χ1n) is 3.99. The zero-order valence-electron chi connectivity index (χ0n) is 6.99. The predicted molar refractivity (Wildman–Crippen MR) is 37.3 cm³/mol. The second-order valence-corrected chi connectivity index (χ2v) is 2.28. The van der Waals surface area contributed by atoms with Gasteiger partial charge in [-0.25, -0.2) is 0 Å². The lowest BCUT2D eigenvalue weighted by molar-refractivity contribution is 0.120. The summed E-state index contributed by atoms with van der Waals surface area (Å²) in [5, 5.41) is 7.16. The average Bonchev–Trinajstić information content (AvgIpc) is 2.54. The highest BCUT2D eigenvalue weighted by Gasteiger charge is 2.14. The molecule has 0 amide bonds. The number of nitrogens with zero attached hydrogens (tertiary/aromatic N) is 3. The summed E-state index contributed by atoms with van der Waals surface area (Å²) in [4.78, 5) is 1.91. The van der Waals surface area contributed by atoms with Gasteiger partial charge in [0.2, 0.25) is 6.37 Å². The molecule has 0 N–H and O–H groups in total. The molecule has 1 aromatic rings. The van der Waals surface area contributed by atoms with Crippen LogP contribution < -0.4 is 4.90 Å². The van der Waals surface area contributed by atoms with Gasteiger partial charge in [-0.2, -0.15) is 0 Å². The Balaban J connectivity index is 2.08. The van der Waals surface area contributed by atoms with E-state index in [4.69, 9.17) is 10.5 Å². The van der Waals surface area contributed by atoms with Crippen LogP contribution in [0.3, 0.4) is 0 Å². The molecule has 1 fully saturated rings. The maximum Gasteiger partial charge on any atom is 0.318 e. The van der Waals surface area contributed by atoms with E-state index >= 15 is 0 Å². The van der Waals surface area contributed by atoms with E-state index in [1.165, 1.54) is 0 Å². The summed E-state index contributed by atoms with van der Waals surface area (Å²) in [6.45, 7) is 2.86. The summed E-state index contributed by atoms with van der Waals surface area (Å²) in [5.74, 6) is 0. The van der Waals surface area contributed by atoms with Crippen LogP contribution in [-0.2, 0) is 4.74 Å². The molecule has 0 aromatic carbocycles. The Bertz CT molecular complexity index is 259. The monoisotopic (exact) mass is 156 g/mol. The zero-order valence-corrected chi connectivity index (χ0v) is 5.99. The summed E-state index contributed by atoms with van der Waals surface area (Å²) in [6.07, 6.45) is -0.142. The minimum Gasteiger partial charge on any atom is -0.411 e. The number of morpholine rings is 1. The van der Waals surface area contributed by atoms with Crippen molar-refractivity contribution in [2.75, 3.05) is 31.2 Å². The Morgan fingerprint density at radius 3 is 3.00 bits per heavy atom. The lowest BCUT2D eigenvalue weighted by Gasteiger charge is -2.24. The molecule has 1 aliphatic heterocycles. The van der Waals surface area contributed by atoms with Crippen LogP contribution in [0.1, 0.15) is 1.37 Å². The number of hydrogen-bond acceptors (Lipinski definition) is 5. The summed E-state index contributed by atoms with van der Waals surface area (Å²) in [6, 6.07) is 0.420. The van der Waals surface area contributed by atoms with Gasteiger partial charge < -0.3 is 14.1 Å². The van der Waals surface area contributed by atoms with Gasteiger partial charge in [-0.3, -0.25) is 0 Å². The third-order valence-corrected chi connectivity index (χ3v) is 1.59. The molecular weight excluding hydrogens is 146 g/mol. The van der Waals surface area contributed by atoms with E-state index in [2.05, 4.69) is 10.2 Å². The van der Waals surface area contributed by atoms with Crippen molar-refractivity contribution in [3.05, 3.63) is 6.37 Å². The van der Waals surface area contributed by atoms with Crippen molar-refractivity contribution in [3.8, 4) is 0 Å². The first-order chi connectivity index (χ1) is 5.86. The SMILES string of the molecule is [2H]c1nnc(N2CCOCC2)o1. The predicted octanol–water partition coefficient (Wildman–Crippen LogP) is -0.0938. The second-order valence-electron chi connectivity index (χ2n) is 2.28. The van der Waals surface area contributed by atoms with Gasteiger partial charge in [0.15, 0.2) is 0 Å². The maximum absolute atomic E-state index is 7.04. The van der Waals surface area contributed by atoms with E-state index < -0.39 is 0 Å². The minimum absolute atomic E-state index is 0.142. The molecule has 60 valence electrons. The Morgan fingerprint density at radius 1 is 1.55 bits per heavy atom. The highest BCUT2D eigenvalue weighted by Crippen LogP contribution is 2.09. The molecule has 11 heavy (non-hydrogen) atoms. The molecule has 5 nitrogen and oxygen atoms in total. The lowest BCUT2D eigenvalue weighted by atomic mass is 10.5. The molecule has 1 saturated heterocycles. The molecule has 0 saturated carbocycles. The number of rotatable bonds is 1. The Labute approximate surface area is 65.4 Å². The second kappa shape index (κ2) is 2.87. The molecular formula is C6H9N3O2. The summed E-state index contributed by atoms with van der Waals surface area (Å²) >= 11 is 0. The smallest absolute Gasteiger partial charge is 0.318 e. The van der Waals surface area contributed by atoms with Crippen molar-refractivity contribution in [2.45, 2.75) is 0 Å². The quantitative estimate of drug-likeness (QED) is 0.568. The molecule has 0 bridgehead atoms. The molecule has 0 spiro atoms. The number of anilines is 1. The highest BCUT2D eigenvalue weighted by molar-refractivity contribution is 5.23. The van der Waals surface area contributed by atoms with E-state index in [0.29, 0.717) is 19.2 Å². The van der Waals surface area contributed by atoms with Gasteiger partial charge in [-0.15, -0.1) is 5.10 Å². The standard InChI is InChI=1S/C6H9N3O2/c1-3-10-4-2-9(1)6-8-7-5-11-6/h5H,1-4H2/i5D. The average molecular weight is 156 g/mol. The third kappa shape index (κ3) is 1.32. The summed E-state index contributed by atoms with van der Waals surface area (Å²) < 4.78 is 17.1. The molecule has 1 aliphatic rings. The van der Waals surface area contributed by atoms with Crippen LogP contribution in [0.15, 0.2) is 10.8 Å². The van der Waals surface area contributed by atoms with Crippen LogP contribution in [0.25, 0.3) is 0 Å². The zero-order chi connectivity index (χ0) is 8.39. The van der Waals surface area contributed by atoms with Crippen LogP contribution in [0.5, 0.6) is 0 Å². The van der Waals surface area contributed by atoms with E-state index in [-0.39, 0.29) is 6.37 Å². The van der Waals surface area contributed by atoms with Gasteiger partial charge in [0.1, 0.15) is 1.37 Å². The summed E-state index contributed by atoms with van der Waals surface area (Å²) in [5.41, 5.74) is 0. The van der Waals surface area contributed by atoms with Gasteiger partial charge in [0.25, 0.3) is 0 Å². The van der Waals surface area contributed by atoms with Crippen molar-refractivity contribution in [1.29, 1.82) is 0 Å². The van der Waals surface area contributed by atoms with Gasteiger partial charge in [0, 0.05) is 13.1 Å². The van der Waals surface area contributed by atoms with E-state index in [1.54, 1.807) is 0 Å². The van der Waals surface area contributed by atoms with E-state index in [1.807, 2.05) is 4.90 Å². The fraction of sp³-hybridized carbons (Fsp3) is 0.667. The molecule has 5 heteroatoms.